The fraction of sp³-hybridized carbons (Fsp3) is 0.100. The topological polar surface area (TPSA) is 50.9 Å². The number of nitrogens with two attached hydrogens (primary N) is 1. The van der Waals surface area contributed by atoms with E-state index in [4.69, 9.17) is 5.84 Å². The molecule has 2 aromatic heterocycles. The lowest BCUT2D eigenvalue weighted by atomic mass is 10.0. The van der Waals surface area contributed by atoms with E-state index in [1.54, 1.807) is 17.5 Å². The SMILES string of the molecule is NNC(c1cccnc1)c1cc(Br)sc1Br. The molecular formula is C10H9Br2N3S. The van der Waals surface area contributed by atoms with Crippen LogP contribution in [0, 0.1) is 0 Å². The molecule has 0 spiro atoms. The highest BCUT2D eigenvalue weighted by Crippen LogP contribution is 2.37. The molecule has 0 fully saturated rings. The molecule has 0 amide bonds. The van der Waals surface area contributed by atoms with Gasteiger partial charge in [0.1, 0.15) is 0 Å². The molecule has 3 nitrogen and oxygen atoms in total. The number of thiophene rings is 1. The second-order valence-corrected chi connectivity index (χ2v) is 6.91. The van der Waals surface area contributed by atoms with Crippen LogP contribution in [0.25, 0.3) is 0 Å². The molecule has 0 saturated carbocycles. The lowest BCUT2D eigenvalue weighted by molar-refractivity contribution is 0.634. The molecule has 2 heterocycles. The Bertz CT molecular complexity index is 472. The van der Waals surface area contributed by atoms with Crippen molar-refractivity contribution in [3.05, 3.63) is 49.3 Å². The van der Waals surface area contributed by atoms with E-state index in [0.717, 1.165) is 18.7 Å². The van der Waals surface area contributed by atoms with Gasteiger partial charge >= 0.3 is 0 Å². The third kappa shape index (κ3) is 2.52. The summed E-state index contributed by atoms with van der Waals surface area (Å²) in [6.45, 7) is 0. The van der Waals surface area contributed by atoms with E-state index in [1.807, 2.05) is 24.4 Å². The highest BCUT2D eigenvalue weighted by Gasteiger charge is 2.17. The van der Waals surface area contributed by atoms with Crippen molar-refractivity contribution in [2.45, 2.75) is 6.04 Å². The Morgan fingerprint density at radius 2 is 2.25 bits per heavy atom. The standard InChI is InChI=1S/C10H9Br2N3S/c11-8-4-7(10(12)16-8)9(15-13)6-2-1-3-14-5-6/h1-5,9,15H,13H2. The normalized spacial score (nSPS) is 12.7. The minimum atomic E-state index is -0.0503. The molecule has 2 aromatic rings. The molecule has 0 radical (unpaired) electrons. The summed E-state index contributed by atoms with van der Waals surface area (Å²) in [5.74, 6) is 5.61. The van der Waals surface area contributed by atoms with Crippen molar-refractivity contribution in [2.24, 2.45) is 5.84 Å². The maximum absolute atomic E-state index is 5.61. The van der Waals surface area contributed by atoms with Crippen LogP contribution in [0.2, 0.25) is 0 Å². The molecule has 0 bridgehead atoms. The number of rotatable bonds is 3. The Kier molecular flexibility index (Phi) is 4.10. The summed E-state index contributed by atoms with van der Waals surface area (Å²) >= 11 is 8.61. The van der Waals surface area contributed by atoms with Crippen LogP contribution in [-0.4, -0.2) is 4.98 Å². The summed E-state index contributed by atoms with van der Waals surface area (Å²) in [6, 6.07) is 5.89. The second-order valence-electron chi connectivity index (χ2n) is 3.17. The predicted molar refractivity (Wildman–Crippen MR) is 73.1 cm³/mol. The van der Waals surface area contributed by atoms with Crippen molar-refractivity contribution in [1.82, 2.24) is 10.4 Å². The summed E-state index contributed by atoms with van der Waals surface area (Å²) in [7, 11) is 0. The molecule has 0 aliphatic heterocycles. The monoisotopic (exact) mass is 361 g/mol. The number of halogens is 2. The van der Waals surface area contributed by atoms with Crippen molar-refractivity contribution >= 4 is 43.2 Å². The van der Waals surface area contributed by atoms with E-state index < -0.39 is 0 Å². The van der Waals surface area contributed by atoms with Gasteiger partial charge in [-0.1, -0.05) is 6.07 Å². The molecule has 2 rings (SSSR count). The molecule has 1 atom stereocenters. The second kappa shape index (κ2) is 5.37. The number of nitrogens with zero attached hydrogens (tertiary/aromatic N) is 1. The molecule has 0 aliphatic carbocycles. The first-order valence-corrected chi connectivity index (χ1v) is 6.93. The molecule has 3 N–H and O–H groups in total. The Balaban J connectivity index is 2.40. The average Bonchev–Trinajstić information content (AvgIpc) is 2.61. The molecule has 84 valence electrons. The molecular weight excluding hydrogens is 354 g/mol. The quantitative estimate of drug-likeness (QED) is 0.651. The van der Waals surface area contributed by atoms with Crippen molar-refractivity contribution in [3.8, 4) is 0 Å². The van der Waals surface area contributed by atoms with Gasteiger partial charge in [-0.25, -0.2) is 5.43 Å². The van der Waals surface area contributed by atoms with E-state index in [-0.39, 0.29) is 6.04 Å². The van der Waals surface area contributed by atoms with E-state index >= 15 is 0 Å². The van der Waals surface area contributed by atoms with Gasteiger partial charge in [0.05, 0.1) is 13.6 Å². The van der Waals surface area contributed by atoms with Gasteiger partial charge in [0.2, 0.25) is 0 Å². The average molecular weight is 363 g/mol. The zero-order valence-electron chi connectivity index (χ0n) is 8.15. The fourth-order valence-corrected chi connectivity index (χ4v) is 4.36. The van der Waals surface area contributed by atoms with Crippen LogP contribution in [0.5, 0.6) is 0 Å². The van der Waals surface area contributed by atoms with Gasteiger partial charge in [0.15, 0.2) is 0 Å². The lowest BCUT2D eigenvalue weighted by Crippen LogP contribution is -2.28. The van der Waals surface area contributed by atoms with Gasteiger partial charge in [-0.05, 0) is 49.6 Å². The Labute approximate surface area is 114 Å². The highest BCUT2D eigenvalue weighted by atomic mass is 79.9. The van der Waals surface area contributed by atoms with E-state index in [2.05, 4.69) is 42.3 Å². The fourth-order valence-electron chi connectivity index (χ4n) is 1.46. The third-order valence-electron chi connectivity index (χ3n) is 2.18. The van der Waals surface area contributed by atoms with Crippen LogP contribution in [0.3, 0.4) is 0 Å². The Morgan fingerprint density at radius 3 is 2.75 bits per heavy atom. The molecule has 16 heavy (non-hydrogen) atoms. The van der Waals surface area contributed by atoms with Crippen molar-refractivity contribution < 1.29 is 0 Å². The molecule has 0 aliphatic rings. The molecule has 0 saturated heterocycles. The van der Waals surface area contributed by atoms with Crippen LogP contribution in [0.15, 0.2) is 38.2 Å². The Hall–Kier alpha value is -0.270. The number of nitrogens with one attached hydrogen (secondary N) is 1. The van der Waals surface area contributed by atoms with Crippen molar-refractivity contribution in [1.29, 1.82) is 0 Å². The van der Waals surface area contributed by atoms with Crippen LogP contribution in [-0.2, 0) is 0 Å². The van der Waals surface area contributed by atoms with Crippen LogP contribution < -0.4 is 11.3 Å². The number of hydrogen-bond donors (Lipinski definition) is 2. The van der Waals surface area contributed by atoms with Gasteiger partial charge < -0.3 is 0 Å². The predicted octanol–water partition coefficient (Wildman–Crippen LogP) is 3.22. The first-order valence-electron chi connectivity index (χ1n) is 4.53. The van der Waals surface area contributed by atoms with E-state index in [0.29, 0.717) is 0 Å². The van der Waals surface area contributed by atoms with Crippen molar-refractivity contribution in [2.75, 3.05) is 0 Å². The van der Waals surface area contributed by atoms with Crippen LogP contribution in [0.1, 0.15) is 17.2 Å². The largest absolute Gasteiger partial charge is 0.271 e. The number of hydrazine groups is 1. The maximum Gasteiger partial charge on any atom is 0.0762 e. The van der Waals surface area contributed by atoms with E-state index in [1.165, 1.54) is 0 Å². The number of aromatic nitrogens is 1. The summed E-state index contributed by atoms with van der Waals surface area (Å²) < 4.78 is 2.13. The Morgan fingerprint density at radius 1 is 1.44 bits per heavy atom. The molecule has 6 heteroatoms. The van der Waals surface area contributed by atoms with Crippen LogP contribution in [0.4, 0.5) is 0 Å². The first kappa shape index (κ1) is 12.2. The van der Waals surface area contributed by atoms with Gasteiger partial charge in [-0.2, -0.15) is 0 Å². The van der Waals surface area contributed by atoms with Gasteiger partial charge in [0, 0.05) is 18.0 Å². The summed E-state index contributed by atoms with van der Waals surface area (Å²) in [5, 5.41) is 0. The van der Waals surface area contributed by atoms with Gasteiger partial charge in [-0.3, -0.25) is 10.8 Å². The van der Waals surface area contributed by atoms with Gasteiger partial charge in [0.25, 0.3) is 0 Å². The number of hydrogen-bond acceptors (Lipinski definition) is 4. The maximum atomic E-state index is 5.61. The van der Waals surface area contributed by atoms with Crippen molar-refractivity contribution in [3.63, 3.8) is 0 Å². The summed E-state index contributed by atoms with van der Waals surface area (Å²) in [5.41, 5.74) is 4.95. The minimum absolute atomic E-state index is 0.0503. The smallest absolute Gasteiger partial charge is 0.0762 e. The highest BCUT2D eigenvalue weighted by molar-refractivity contribution is 9.12. The summed E-state index contributed by atoms with van der Waals surface area (Å²) in [4.78, 5) is 4.10. The summed E-state index contributed by atoms with van der Waals surface area (Å²) in [6.07, 6.45) is 3.55. The van der Waals surface area contributed by atoms with Gasteiger partial charge in [-0.15, -0.1) is 11.3 Å². The zero-order valence-corrected chi connectivity index (χ0v) is 12.1. The lowest BCUT2D eigenvalue weighted by Gasteiger charge is -2.15. The number of pyridine rings is 1. The molecule has 1 unspecified atom stereocenters. The third-order valence-corrected chi connectivity index (χ3v) is 4.56. The molecule has 0 aromatic carbocycles. The zero-order chi connectivity index (χ0) is 11.5. The van der Waals surface area contributed by atoms with Crippen LogP contribution >= 0.6 is 43.2 Å². The first-order chi connectivity index (χ1) is 7.72. The van der Waals surface area contributed by atoms with E-state index in [9.17, 15) is 0 Å². The minimum Gasteiger partial charge on any atom is -0.271 e.